The highest BCUT2D eigenvalue weighted by molar-refractivity contribution is 7.44. The monoisotopic (exact) mass is 254 g/mol. The fraction of sp³-hybridized carbons (Fsp3) is 1.00. The van der Waals surface area contributed by atoms with E-state index in [2.05, 4.69) is 6.92 Å². The fourth-order valence-electron chi connectivity index (χ4n) is 1.57. The van der Waals surface area contributed by atoms with E-state index in [1.807, 2.05) is 6.55 Å². The van der Waals surface area contributed by atoms with E-state index in [4.69, 9.17) is 22.2 Å². The molecule has 0 aromatic heterocycles. The average molecular weight is 255 g/mol. The molecule has 0 radical (unpaired) electrons. The fourth-order valence-corrected chi connectivity index (χ4v) is 3.24. The van der Waals surface area contributed by atoms with E-state index < -0.39 is 6.69 Å². The summed E-state index contributed by atoms with van der Waals surface area (Å²) >= 11 is 12.0. The SMILES string of the molecule is CCCCCCCCCC[Si](C)(Cl)Cl. The summed E-state index contributed by atoms with van der Waals surface area (Å²) in [6.45, 7) is 2.47. The molecule has 0 saturated carbocycles. The molecule has 0 atom stereocenters. The van der Waals surface area contributed by atoms with Gasteiger partial charge in [-0.3, -0.25) is 0 Å². The summed E-state index contributed by atoms with van der Waals surface area (Å²) in [5.74, 6) is 0. The van der Waals surface area contributed by atoms with Crippen LogP contribution in [0.3, 0.4) is 0 Å². The molecule has 0 unspecified atom stereocenters. The van der Waals surface area contributed by atoms with Crippen molar-refractivity contribution >= 4 is 28.9 Å². The second-order valence-electron chi connectivity index (χ2n) is 4.30. The van der Waals surface area contributed by atoms with Crippen molar-refractivity contribution < 1.29 is 0 Å². The highest BCUT2D eigenvalue weighted by Gasteiger charge is 2.19. The highest BCUT2D eigenvalue weighted by atomic mass is 35.7. The Hall–Kier alpha value is 0.797. The molecule has 0 bridgehead atoms. The molecule has 0 saturated heterocycles. The lowest BCUT2D eigenvalue weighted by Crippen LogP contribution is -2.11. The van der Waals surface area contributed by atoms with Gasteiger partial charge < -0.3 is 0 Å². The van der Waals surface area contributed by atoms with E-state index in [9.17, 15) is 0 Å². The molecule has 0 aliphatic carbocycles. The van der Waals surface area contributed by atoms with E-state index in [1.54, 1.807) is 0 Å². The molecule has 0 amide bonds. The lowest BCUT2D eigenvalue weighted by atomic mass is 10.1. The minimum Gasteiger partial charge on any atom is -0.146 e. The van der Waals surface area contributed by atoms with Crippen LogP contribution in [-0.4, -0.2) is 6.69 Å². The Labute approximate surface area is 99.8 Å². The zero-order chi connectivity index (χ0) is 10.9. The number of hydrogen-bond acceptors (Lipinski definition) is 0. The second-order valence-corrected chi connectivity index (χ2v) is 12.5. The van der Waals surface area contributed by atoms with Crippen LogP contribution in [0.15, 0.2) is 0 Å². The molecule has 0 aliphatic heterocycles. The van der Waals surface area contributed by atoms with Crippen molar-refractivity contribution in [1.82, 2.24) is 0 Å². The third-order valence-electron chi connectivity index (χ3n) is 2.47. The smallest absolute Gasteiger partial charge is 0.146 e. The molecule has 0 spiro atoms. The van der Waals surface area contributed by atoms with Gasteiger partial charge in [-0.2, -0.15) is 0 Å². The largest absolute Gasteiger partial charge is 0.248 e. The summed E-state index contributed by atoms with van der Waals surface area (Å²) in [7, 11) is 0. The topological polar surface area (TPSA) is 0 Å². The van der Waals surface area contributed by atoms with Crippen molar-refractivity contribution in [3.8, 4) is 0 Å². The molecule has 14 heavy (non-hydrogen) atoms. The molecular weight excluding hydrogens is 231 g/mol. The maximum atomic E-state index is 6.02. The van der Waals surface area contributed by atoms with Gasteiger partial charge in [-0.15, -0.1) is 22.2 Å². The first-order valence-corrected chi connectivity index (χ1v) is 10.7. The summed E-state index contributed by atoms with van der Waals surface area (Å²) in [4.78, 5) is 0. The van der Waals surface area contributed by atoms with Crippen LogP contribution in [0.1, 0.15) is 58.3 Å². The predicted molar refractivity (Wildman–Crippen MR) is 70.7 cm³/mol. The molecule has 86 valence electrons. The minimum absolute atomic E-state index is 1.06. The predicted octanol–water partition coefficient (Wildman–Crippen LogP) is 5.68. The van der Waals surface area contributed by atoms with Crippen LogP contribution in [0.2, 0.25) is 12.6 Å². The first kappa shape index (κ1) is 14.8. The Morgan fingerprint density at radius 3 is 1.64 bits per heavy atom. The molecule has 0 aromatic rings. The first-order valence-electron chi connectivity index (χ1n) is 5.94. The van der Waals surface area contributed by atoms with Crippen LogP contribution < -0.4 is 0 Å². The van der Waals surface area contributed by atoms with Crippen molar-refractivity contribution in [2.75, 3.05) is 0 Å². The summed E-state index contributed by atoms with van der Waals surface area (Å²) in [5, 5.41) is 0. The summed E-state index contributed by atoms with van der Waals surface area (Å²) < 4.78 is 0. The Balaban J connectivity index is 2.99. The first-order chi connectivity index (χ1) is 6.56. The molecule has 0 heterocycles. The van der Waals surface area contributed by atoms with Crippen LogP contribution in [-0.2, 0) is 0 Å². The molecule has 0 aliphatic rings. The van der Waals surface area contributed by atoms with Gasteiger partial charge in [-0.05, 0) is 12.6 Å². The van der Waals surface area contributed by atoms with Crippen LogP contribution in [0.4, 0.5) is 0 Å². The second kappa shape index (κ2) is 9.05. The van der Waals surface area contributed by atoms with E-state index in [0.717, 1.165) is 6.04 Å². The normalized spacial score (nSPS) is 12.0. The number of unbranched alkanes of at least 4 members (excludes halogenated alkanes) is 7. The summed E-state index contributed by atoms with van der Waals surface area (Å²) in [6.07, 6.45) is 10.8. The Bertz CT molecular complexity index is 121. The van der Waals surface area contributed by atoms with Crippen molar-refractivity contribution in [3.05, 3.63) is 0 Å². The van der Waals surface area contributed by atoms with Crippen LogP contribution in [0, 0.1) is 0 Å². The van der Waals surface area contributed by atoms with Gasteiger partial charge in [0.2, 0.25) is 6.69 Å². The van der Waals surface area contributed by atoms with Gasteiger partial charge in [-0.1, -0.05) is 58.3 Å². The molecule has 0 nitrogen and oxygen atoms in total. The average Bonchev–Trinajstić information content (AvgIpc) is 2.08. The van der Waals surface area contributed by atoms with Gasteiger partial charge in [0.15, 0.2) is 0 Å². The minimum atomic E-state index is -1.79. The van der Waals surface area contributed by atoms with E-state index in [-0.39, 0.29) is 0 Å². The Morgan fingerprint density at radius 2 is 1.21 bits per heavy atom. The number of halogens is 2. The Morgan fingerprint density at radius 1 is 0.786 bits per heavy atom. The highest BCUT2D eigenvalue weighted by Crippen LogP contribution is 2.23. The third-order valence-corrected chi connectivity index (χ3v) is 4.83. The molecule has 0 N–H and O–H groups in total. The number of rotatable bonds is 9. The zero-order valence-electron chi connectivity index (χ0n) is 9.62. The van der Waals surface area contributed by atoms with Crippen molar-refractivity contribution in [1.29, 1.82) is 0 Å². The molecular formula is C11H24Cl2Si. The lowest BCUT2D eigenvalue weighted by molar-refractivity contribution is 0.584. The maximum Gasteiger partial charge on any atom is 0.248 e. The van der Waals surface area contributed by atoms with Gasteiger partial charge in [0.05, 0.1) is 0 Å². The van der Waals surface area contributed by atoms with Crippen molar-refractivity contribution in [2.45, 2.75) is 70.9 Å². The van der Waals surface area contributed by atoms with Crippen LogP contribution in [0.5, 0.6) is 0 Å². The van der Waals surface area contributed by atoms with E-state index in [0.29, 0.717) is 0 Å². The van der Waals surface area contributed by atoms with E-state index in [1.165, 1.54) is 51.4 Å². The van der Waals surface area contributed by atoms with Gasteiger partial charge in [0.1, 0.15) is 0 Å². The molecule has 3 heteroatoms. The van der Waals surface area contributed by atoms with Crippen molar-refractivity contribution in [3.63, 3.8) is 0 Å². The maximum absolute atomic E-state index is 6.02. The lowest BCUT2D eigenvalue weighted by Gasteiger charge is -2.08. The van der Waals surface area contributed by atoms with Crippen LogP contribution >= 0.6 is 22.2 Å². The third kappa shape index (κ3) is 12.8. The van der Waals surface area contributed by atoms with Gasteiger partial charge in [-0.25, -0.2) is 0 Å². The zero-order valence-corrected chi connectivity index (χ0v) is 12.1. The summed E-state index contributed by atoms with van der Waals surface area (Å²) in [5.41, 5.74) is 0. The van der Waals surface area contributed by atoms with E-state index >= 15 is 0 Å². The Kier molecular flexibility index (Phi) is 9.57. The van der Waals surface area contributed by atoms with Crippen molar-refractivity contribution in [2.24, 2.45) is 0 Å². The van der Waals surface area contributed by atoms with Gasteiger partial charge in [0.25, 0.3) is 0 Å². The number of hydrogen-bond donors (Lipinski definition) is 0. The summed E-state index contributed by atoms with van der Waals surface area (Å²) in [6, 6.07) is 1.06. The molecule has 0 aromatic carbocycles. The van der Waals surface area contributed by atoms with Gasteiger partial charge >= 0.3 is 0 Å². The molecule has 0 fully saturated rings. The van der Waals surface area contributed by atoms with Crippen LogP contribution in [0.25, 0.3) is 0 Å². The standard InChI is InChI=1S/C11H24Cl2Si/c1-3-4-5-6-7-8-9-10-11-14(2,12)13/h3-11H2,1-2H3. The quantitative estimate of drug-likeness (QED) is 0.282. The van der Waals surface area contributed by atoms with Gasteiger partial charge in [0, 0.05) is 0 Å². The molecule has 0 rings (SSSR count).